The Balaban J connectivity index is 0.000000396. The maximum atomic E-state index is 5.58. The zero-order valence-corrected chi connectivity index (χ0v) is 8.43. The van der Waals surface area contributed by atoms with E-state index >= 15 is 0 Å². The Labute approximate surface area is 80.6 Å². The zero-order chi connectivity index (χ0) is 9.84. The molecule has 2 aromatic heterocycles. The van der Waals surface area contributed by atoms with Crippen LogP contribution in [0.3, 0.4) is 0 Å². The van der Waals surface area contributed by atoms with Gasteiger partial charge in [0.2, 0.25) is 5.95 Å². The lowest BCUT2D eigenvalue weighted by Gasteiger charge is -1.95. The van der Waals surface area contributed by atoms with E-state index in [0.29, 0.717) is 5.82 Å². The molecule has 0 aliphatic rings. The number of aromatic nitrogens is 2. The Morgan fingerprint density at radius 2 is 1.92 bits per heavy atom. The van der Waals surface area contributed by atoms with Crippen molar-refractivity contribution in [3.05, 3.63) is 11.4 Å². The Kier molecular flexibility index (Phi) is 3.02. The molecule has 0 unspecified atom stereocenters. The van der Waals surface area contributed by atoms with E-state index in [0.717, 1.165) is 10.2 Å². The first-order chi connectivity index (χ1) is 6.27. The van der Waals surface area contributed by atoms with Gasteiger partial charge in [0.1, 0.15) is 5.82 Å². The van der Waals surface area contributed by atoms with Gasteiger partial charge >= 0.3 is 0 Å². The molecule has 4 N–H and O–H groups in total. The highest BCUT2D eigenvalue weighted by molar-refractivity contribution is 7.17. The van der Waals surface area contributed by atoms with Crippen molar-refractivity contribution < 1.29 is 0 Å². The Bertz CT molecular complexity index is 396. The van der Waals surface area contributed by atoms with Gasteiger partial charge in [-0.05, 0) is 11.4 Å². The highest BCUT2D eigenvalue weighted by Gasteiger charge is 2.02. The minimum absolute atomic E-state index is 0.230. The Morgan fingerprint density at radius 1 is 1.23 bits per heavy atom. The summed E-state index contributed by atoms with van der Waals surface area (Å²) in [7, 11) is 0. The molecule has 0 amide bonds. The Morgan fingerprint density at radius 3 is 2.62 bits per heavy atom. The van der Waals surface area contributed by atoms with E-state index in [1.807, 2.05) is 25.3 Å². The maximum Gasteiger partial charge on any atom is 0.222 e. The molecule has 0 saturated heterocycles. The molecule has 5 heteroatoms. The molecule has 0 aliphatic heterocycles. The second-order valence-electron chi connectivity index (χ2n) is 2.10. The van der Waals surface area contributed by atoms with Crippen LogP contribution in [-0.4, -0.2) is 9.97 Å². The van der Waals surface area contributed by atoms with Crippen molar-refractivity contribution >= 4 is 33.3 Å². The van der Waals surface area contributed by atoms with Crippen LogP contribution in [0.2, 0.25) is 0 Å². The standard InChI is InChI=1S/C6H6N4S.C2H6/c7-5-4-3(1-2-11-4)9-6(8)10-5;1-2/h1-2H,(H4,7,8,9,10);1-2H3. The molecular formula is C8H12N4S. The van der Waals surface area contributed by atoms with Gasteiger partial charge in [-0.1, -0.05) is 13.8 Å². The molecule has 0 saturated carbocycles. The number of anilines is 2. The van der Waals surface area contributed by atoms with Crippen LogP contribution in [0.1, 0.15) is 13.8 Å². The third-order valence-corrected chi connectivity index (χ3v) is 2.27. The van der Waals surface area contributed by atoms with E-state index < -0.39 is 0 Å². The van der Waals surface area contributed by atoms with Crippen molar-refractivity contribution in [1.29, 1.82) is 0 Å². The highest BCUT2D eigenvalue weighted by Crippen LogP contribution is 2.23. The third kappa shape index (κ3) is 1.86. The molecule has 2 heterocycles. The topological polar surface area (TPSA) is 77.8 Å². The zero-order valence-electron chi connectivity index (χ0n) is 7.61. The summed E-state index contributed by atoms with van der Waals surface area (Å²) < 4.78 is 0.902. The summed E-state index contributed by atoms with van der Waals surface area (Å²) in [6.45, 7) is 4.00. The summed E-state index contributed by atoms with van der Waals surface area (Å²) in [4.78, 5) is 7.82. The first-order valence-electron chi connectivity index (χ1n) is 4.03. The molecule has 2 aromatic rings. The predicted octanol–water partition coefficient (Wildman–Crippen LogP) is 1.88. The summed E-state index contributed by atoms with van der Waals surface area (Å²) in [6, 6.07) is 1.87. The fourth-order valence-electron chi connectivity index (χ4n) is 0.905. The minimum Gasteiger partial charge on any atom is -0.382 e. The molecule has 13 heavy (non-hydrogen) atoms. The summed E-state index contributed by atoms with van der Waals surface area (Å²) in [5.74, 6) is 0.691. The van der Waals surface area contributed by atoms with Crippen molar-refractivity contribution in [3.63, 3.8) is 0 Å². The van der Waals surface area contributed by atoms with Crippen molar-refractivity contribution in [3.8, 4) is 0 Å². The first-order valence-corrected chi connectivity index (χ1v) is 4.91. The average molecular weight is 196 g/mol. The minimum atomic E-state index is 0.230. The summed E-state index contributed by atoms with van der Waals surface area (Å²) in [6.07, 6.45) is 0. The van der Waals surface area contributed by atoms with E-state index in [-0.39, 0.29) is 5.95 Å². The van der Waals surface area contributed by atoms with E-state index in [4.69, 9.17) is 11.5 Å². The highest BCUT2D eigenvalue weighted by atomic mass is 32.1. The van der Waals surface area contributed by atoms with E-state index in [1.165, 1.54) is 11.3 Å². The molecule has 0 aliphatic carbocycles. The number of nitrogen functional groups attached to an aromatic ring is 2. The fourth-order valence-corrected chi connectivity index (χ4v) is 1.64. The first kappa shape index (κ1) is 9.73. The molecule has 0 spiro atoms. The smallest absolute Gasteiger partial charge is 0.222 e. The molecule has 0 bridgehead atoms. The molecule has 2 rings (SSSR count). The van der Waals surface area contributed by atoms with Crippen LogP contribution in [0.5, 0.6) is 0 Å². The average Bonchev–Trinajstić information content (AvgIpc) is 2.55. The second-order valence-corrected chi connectivity index (χ2v) is 3.02. The number of thiophene rings is 1. The molecular weight excluding hydrogens is 184 g/mol. The van der Waals surface area contributed by atoms with Crippen LogP contribution in [0.25, 0.3) is 10.2 Å². The molecule has 0 fully saturated rings. The predicted molar refractivity (Wildman–Crippen MR) is 57.6 cm³/mol. The van der Waals surface area contributed by atoms with Gasteiger partial charge < -0.3 is 11.5 Å². The van der Waals surface area contributed by atoms with Crippen LogP contribution in [0.4, 0.5) is 11.8 Å². The maximum absolute atomic E-state index is 5.58. The van der Waals surface area contributed by atoms with Crippen molar-refractivity contribution in [2.45, 2.75) is 13.8 Å². The second kappa shape index (κ2) is 4.04. The number of fused-ring (bicyclic) bond motifs is 1. The van der Waals surface area contributed by atoms with Crippen LogP contribution in [0.15, 0.2) is 11.4 Å². The number of nitrogens with two attached hydrogens (primary N) is 2. The van der Waals surface area contributed by atoms with Gasteiger partial charge in [0, 0.05) is 0 Å². The number of rotatable bonds is 0. The van der Waals surface area contributed by atoms with Crippen LogP contribution in [0, 0.1) is 0 Å². The summed E-state index contributed by atoms with van der Waals surface area (Å²) >= 11 is 1.52. The molecule has 70 valence electrons. The van der Waals surface area contributed by atoms with Crippen molar-refractivity contribution in [1.82, 2.24) is 9.97 Å². The lowest BCUT2D eigenvalue weighted by Crippen LogP contribution is -1.98. The SMILES string of the molecule is CC.Nc1nc(N)c2sccc2n1. The number of nitrogens with zero attached hydrogens (tertiary/aromatic N) is 2. The normalized spacial score (nSPS) is 9.38. The van der Waals surface area contributed by atoms with Gasteiger partial charge in [0.25, 0.3) is 0 Å². The van der Waals surface area contributed by atoms with Crippen LogP contribution >= 0.6 is 11.3 Å². The lowest BCUT2D eigenvalue weighted by atomic mass is 10.4. The largest absolute Gasteiger partial charge is 0.382 e. The van der Waals surface area contributed by atoms with Crippen molar-refractivity contribution in [2.75, 3.05) is 11.5 Å². The van der Waals surface area contributed by atoms with Crippen molar-refractivity contribution in [2.24, 2.45) is 0 Å². The quantitative estimate of drug-likeness (QED) is 0.674. The fraction of sp³-hybridized carbons (Fsp3) is 0.250. The molecule has 0 atom stereocenters. The molecule has 0 radical (unpaired) electrons. The number of hydrogen-bond donors (Lipinski definition) is 2. The number of hydrogen-bond acceptors (Lipinski definition) is 5. The Hall–Kier alpha value is -1.36. The van der Waals surface area contributed by atoms with Gasteiger partial charge in [0.05, 0.1) is 10.2 Å². The van der Waals surface area contributed by atoms with Gasteiger partial charge in [-0.3, -0.25) is 0 Å². The van der Waals surface area contributed by atoms with Gasteiger partial charge in [-0.25, -0.2) is 4.98 Å². The summed E-state index contributed by atoms with van der Waals surface area (Å²) in [5, 5.41) is 1.91. The van der Waals surface area contributed by atoms with E-state index in [9.17, 15) is 0 Å². The van der Waals surface area contributed by atoms with Gasteiger partial charge in [0.15, 0.2) is 0 Å². The lowest BCUT2D eigenvalue weighted by molar-refractivity contribution is 1.25. The summed E-state index contributed by atoms with van der Waals surface area (Å²) in [5.41, 5.74) is 11.8. The van der Waals surface area contributed by atoms with Crippen LogP contribution in [-0.2, 0) is 0 Å². The van der Waals surface area contributed by atoms with Crippen LogP contribution < -0.4 is 11.5 Å². The third-order valence-electron chi connectivity index (χ3n) is 1.35. The van der Waals surface area contributed by atoms with Gasteiger partial charge in [-0.2, -0.15) is 4.98 Å². The molecule has 0 aromatic carbocycles. The molecule has 4 nitrogen and oxygen atoms in total. The van der Waals surface area contributed by atoms with E-state index in [1.54, 1.807) is 0 Å². The monoisotopic (exact) mass is 196 g/mol. The van der Waals surface area contributed by atoms with Gasteiger partial charge in [-0.15, -0.1) is 11.3 Å². The van der Waals surface area contributed by atoms with E-state index in [2.05, 4.69) is 9.97 Å².